The van der Waals surface area contributed by atoms with Crippen LogP contribution in [0.2, 0.25) is 0 Å². The summed E-state index contributed by atoms with van der Waals surface area (Å²) in [6.07, 6.45) is 4.17. The summed E-state index contributed by atoms with van der Waals surface area (Å²) in [5.41, 5.74) is 2.57. The van der Waals surface area contributed by atoms with Crippen molar-refractivity contribution in [3.8, 4) is 5.75 Å². The number of hydrogen-bond acceptors (Lipinski definition) is 7. The number of amides is 1. The molecular formula is C22H26FN5O3S. The fourth-order valence-corrected chi connectivity index (χ4v) is 3.76. The maximum Gasteiger partial charge on any atom is 0.217 e. The van der Waals surface area contributed by atoms with Crippen molar-refractivity contribution >= 4 is 43.7 Å². The van der Waals surface area contributed by atoms with E-state index in [4.69, 9.17) is 4.74 Å². The molecule has 0 bridgehead atoms. The highest BCUT2D eigenvalue weighted by molar-refractivity contribution is 7.92. The fraction of sp³-hybridized carbons (Fsp3) is 0.318. The lowest BCUT2D eigenvalue weighted by atomic mass is 10.1. The van der Waals surface area contributed by atoms with E-state index in [2.05, 4.69) is 25.0 Å². The van der Waals surface area contributed by atoms with Gasteiger partial charge >= 0.3 is 0 Å². The second-order valence-electron chi connectivity index (χ2n) is 7.78. The van der Waals surface area contributed by atoms with E-state index < -0.39 is 15.5 Å². The lowest BCUT2D eigenvalue weighted by Gasteiger charge is -2.19. The topological polar surface area (TPSA) is 106 Å². The van der Waals surface area contributed by atoms with E-state index in [0.29, 0.717) is 22.7 Å². The molecule has 0 saturated heterocycles. The van der Waals surface area contributed by atoms with Gasteiger partial charge < -0.3 is 15.4 Å². The number of nitrogens with zero attached hydrogens (tertiary/aromatic N) is 3. The first kappa shape index (κ1) is 23.4. The fourth-order valence-electron chi connectivity index (χ4n) is 3.14. The minimum atomic E-state index is -2.32. The van der Waals surface area contributed by atoms with Crippen LogP contribution in [0.15, 0.2) is 41.0 Å². The number of hydrogen-bond donors (Lipinski definition) is 2. The molecule has 32 heavy (non-hydrogen) atoms. The van der Waals surface area contributed by atoms with Gasteiger partial charge in [-0.3, -0.25) is 4.79 Å². The van der Waals surface area contributed by atoms with Gasteiger partial charge in [-0.05, 0) is 43.7 Å². The van der Waals surface area contributed by atoms with Crippen LogP contribution in [-0.2, 0) is 14.5 Å². The molecule has 10 heteroatoms. The summed E-state index contributed by atoms with van der Waals surface area (Å²) in [5, 5.41) is 6.63. The number of halogens is 1. The first-order valence-electron chi connectivity index (χ1n) is 9.92. The third-order valence-electron chi connectivity index (χ3n) is 4.41. The Morgan fingerprint density at radius 1 is 1.25 bits per heavy atom. The van der Waals surface area contributed by atoms with Crippen LogP contribution in [0.4, 0.5) is 21.6 Å². The SMILES string of the molecule is CC(=O)NC[C@@H](C)Oc1cc(F)ccc1Nc1ncnc2cc(N=S(C)(C)=O)cc(C)c12. The zero-order valence-electron chi connectivity index (χ0n) is 18.6. The average molecular weight is 460 g/mol. The molecule has 0 aliphatic rings. The van der Waals surface area contributed by atoms with Crippen LogP contribution < -0.4 is 15.4 Å². The standard InChI is InChI=1S/C22H26FN5O3S/c1-13-8-17(28-32(4,5)30)10-19-21(13)22(26-12-25-19)27-18-7-6-16(23)9-20(18)31-14(2)11-24-15(3)29/h6-10,12,14H,11H2,1-5H3,(H,24,29)(H,25,26,27)/t14-/m1/s1. The smallest absolute Gasteiger partial charge is 0.217 e. The summed E-state index contributed by atoms with van der Waals surface area (Å²) in [6.45, 7) is 5.37. The van der Waals surface area contributed by atoms with Crippen molar-refractivity contribution in [2.24, 2.45) is 4.36 Å². The minimum absolute atomic E-state index is 0.172. The van der Waals surface area contributed by atoms with Crippen molar-refractivity contribution in [1.29, 1.82) is 0 Å². The predicted octanol–water partition coefficient (Wildman–Crippen LogP) is 4.08. The molecule has 2 aromatic carbocycles. The van der Waals surface area contributed by atoms with Crippen LogP contribution >= 0.6 is 0 Å². The van der Waals surface area contributed by atoms with E-state index in [1.807, 2.05) is 13.0 Å². The van der Waals surface area contributed by atoms with Gasteiger partial charge in [0, 0.05) is 40.6 Å². The number of rotatable bonds is 7. The van der Waals surface area contributed by atoms with E-state index in [1.165, 1.54) is 25.4 Å². The molecule has 8 nitrogen and oxygen atoms in total. The van der Waals surface area contributed by atoms with Crippen LogP contribution in [-0.4, -0.2) is 45.2 Å². The second-order valence-corrected chi connectivity index (χ2v) is 10.3. The van der Waals surface area contributed by atoms with E-state index in [-0.39, 0.29) is 24.3 Å². The molecule has 1 atom stereocenters. The van der Waals surface area contributed by atoms with Gasteiger partial charge in [0.25, 0.3) is 0 Å². The summed E-state index contributed by atoms with van der Waals surface area (Å²) < 4.78 is 36.1. The number of nitrogens with one attached hydrogen (secondary N) is 2. The van der Waals surface area contributed by atoms with Gasteiger partial charge in [0.2, 0.25) is 5.91 Å². The number of carbonyl (C=O) groups is 1. The Balaban J connectivity index is 1.98. The zero-order valence-corrected chi connectivity index (χ0v) is 19.4. The number of fused-ring (bicyclic) bond motifs is 1. The van der Waals surface area contributed by atoms with Crippen molar-refractivity contribution in [3.05, 3.63) is 48.0 Å². The van der Waals surface area contributed by atoms with Crippen molar-refractivity contribution < 1.29 is 18.1 Å². The van der Waals surface area contributed by atoms with Gasteiger partial charge in [0.05, 0.1) is 23.4 Å². The van der Waals surface area contributed by atoms with E-state index in [9.17, 15) is 13.4 Å². The van der Waals surface area contributed by atoms with Gasteiger partial charge in [-0.1, -0.05) is 0 Å². The molecule has 0 spiro atoms. The van der Waals surface area contributed by atoms with Crippen molar-refractivity contribution in [2.45, 2.75) is 26.9 Å². The van der Waals surface area contributed by atoms with Crippen molar-refractivity contribution in [3.63, 3.8) is 0 Å². The Kier molecular flexibility index (Phi) is 6.93. The van der Waals surface area contributed by atoms with Crippen LogP contribution in [0.1, 0.15) is 19.4 Å². The molecule has 1 aromatic heterocycles. The van der Waals surface area contributed by atoms with Gasteiger partial charge in [-0.25, -0.2) is 18.6 Å². The predicted molar refractivity (Wildman–Crippen MR) is 125 cm³/mol. The molecule has 1 heterocycles. The van der Waals surface area contributed by atoms with Gasteiger partial charge in [-0.15, -0.1) is 0 Å². The summed E-state index contributed by atoms with van der Waals surface area (Å²) in [5.74, 6) is 0.179. The Bertz CT molecular complexity index is 1280. The normalized spacial score (nSPS) is 12.3. The van der Waals surface area contributed by atoms with E-state index in [1.54, 1.807) is 31.6 Å². The van der Waals surface area contributed by atoms with Crippen molar-refractivity contribution in [1.82, 2.24) is 15.3 Å². The molecule has 0 saturated carbocycles. The Labute approximate surface area is 186 Å². The zero-order chi connectivity index (χ0) is 23.5. The molecule has 0 fully saturated rings. The molecule has 0 radical (unpaired) electrons. The number of ether oxygens (including phenoxy) is 1. The van der Waals surface area contributed by atoms with Gasteiger partial charge in [0.1, 0.15) is 29.8 Å². The first-order chi connectivity index (χ1) is 15.0. The van der Waals surface area contributed by atoms with E-state index in [0.717, 1.165) is 10.9 Å². The van der Waals surface area contributed by atoms with E-state index >= 15 is 0 Å². The van der Waals surface area contributed by atoms with Crippen molar-refractivity contribution in [2.75, 3.05) is 24.4 Å². The Hall–Kier alpha value is -3.27. The number of carbonyl (C=O) groups excluding carboxylic acids is 1. The Morgan fingerprint density at radius 3 is 2.69 bits per heavy atom. The minimum Gasteiger partial charge on any atom is -0.487 e. The lowest BCUT2D eigenvalue weighted by Crippen LogP contribution is -2.32. The number of aryl methyl sites for hydroxylation is 1. The summed E-state index contributed by atoms with van der Waals surface area (Å²) in [7, 11) is -2.32. The monoisotopic (exact) mass is 459 g/mol. The second kappa shape index (κ2) is 9.47. The van der Waals surface area contributed by atoms with Gasteiger partial charge in [0.15, 0.2) is 0 Å². The molecule has 170 valence electrons. The highest BCUT2D eigenvalue weighted by atomic mass is 32.2. The molecular weight excluding hydrogens is 433 g/mol. The number of benzene rings is 2. The molecule has 0 unspecified atom stereocenters. The highest BCUT2D eigenvalue weighted by Crippen LogP contribution is 2.34. The Morgan fingerprint density at radius 2 is 2.00 bits per heavy atom. The number of aromatic nitrogens is 2. The maximum absolute atomic E-state index is 13.9. The maximum atomic E-state index is 13.9. The summed E-state index contributed by atoms with van der Waals surface area (Å²) >= 11 is 0. The molecule has 0 aliphatic carbocycles. The molecule has 3 rings (SSSR count). The largest absolute Gasteiger partial charge is 0.487 e. The first-order valence-corrected chi connectivity index (χ1v) is 12.2. The quantitative estimate of drug-likeness (QED) is 0.551. The van der Waals surface area contributed by atoms with Gasteiger partial charge in [-0.2, -0.15) is 4.36 Å². The van der Waals surface area contributed by atoms with Crippen LogP contribution in [0.3, 0.4) is 0 Å². The highest BCUT2D eigenvalue weighted by Gasteiger charge is 2.14. The molecule has 3 aromatic rings. The van der Waals surface area contributed by atoms with Crippen LogP contribution in [0.5, 0.6) is 5.75 Å². The van der Waals surface area contributed by atoms with Crippen LogP contribution in [0.25, 0.3) is 10.9 Å². The van der Waals surface area contributed by atoms with Crippen LogP contribution in [0, 0.1) is 12.7 Å². The molecule has 2 N–H and O–H groups in total. The summed E-state index contributed by atoms with van der Waals surface area (Å²) in [4.78, 5) is 19.8. The third-order valence-corrected chi connectivity index (χ3v) is 5.06. The molecule has 1 amide bonds. The summed E-state index contributed by atoms with van der Waals surface area (Å²) in [6, 6.07) is 7.73. The lowest BCUT2D eigenvalue weighted by molar-refractivity contribution is -0.119. The number of anilines is 2. The molecule has 0 aliphatic heterocycles. The third kappa shape index (κ3) is 6.13. The average Bonchev–Trinajstić information content (AvgIpc) is 2.67.